The van der Waals surface area contributed by atoms with E-state index in [1.54, 1.807) is 12.4 Å². The molecule has 1 amide bonds. The Balaban J connectivity index is 1.63. The molecular weight excluding hydrogens is 292 g/mol. The molecule has 1 saturated carbocycles. The van der Waals surface area contributed by atoms with Crippen LogP contribution in [0.4, 0.5) is 0 Å². The first-order valence-electron chi connectivity index (χ1n) is 8.66. The molecule has 6 nitrogen and oxygen atoms in total. The van der Waals surface area contributed by atoms with E-state index in [4.69, 9.17) is 0 Å². The van der Waals surface area contributed by atoms with Crippen LogP contribution in [-0.2, 0) is 6.42 Å². The Labute approximate surface area is 137 Å². The van der Waals surface area contributed by atoms with E-state index in [-0.39, 0.29) is 18.6 Å². The van der Waals surface area contributed by atoms with Gasteiger partial charge in [-0.05, 0) is 25.2 Å². The lowest BCUT2D eigenvalue weighted by atomic mass is 10.1. The number of amides is 1. The second-order valence-corrected chi connectivity index (χ2v) is 6.60. The molecule has 2 fully saturated rings. The molecule has 2 aliphatic rings. The number of aryl methyl sites for hydroxylation is 1. The molecule has 3 rings (SSSR count). The third-order valence-electron chi connectivity index (χ3n) is 4.81. The molecule has 1 N–H and O–H groups in total. The molecule has 126 valence electrons. The van der Waals surface area contributed by atoms with Crippen LogP contribution in [0, 0.1) is 5.92 Å². The minimum atomic E-state index is 0.00154. The molecule has 0 aromatic carbocycles. The predicted octanol–water partition coefficient (Wildman–Crippen LogP) is 0.958. The van der Waals surface area contributed by atoms with Crippen molar-refractivity contribution in [3.05, 3.63) is 23.8 Å². The molecule has 0 unspecified atom stereocenters. The first-order chi connectivity index (χ1) is 11.2. The summed E-state index contributed by atoms with van der Waals surface area (Å²) in [6, 6.07) is 0.258. The maximum atomic E-state index is 12.7. The summed E-state index contributed by atoms with van der Waals surface area (Å²) in [6.45, 7) is 5.59. The van der Waals surface area contributed by atoms with Crippen LogP contribution in [0.15, 0.2) is 12.4 Å². The SMILES string of the molecule is CCc1ncc(C(=O)N2CCN(CC3CC3)[C@H](CCO)C2)cn1. The number of hydrogen-bond donors (Lipinski definition) is 1. The molecule has 23 heavy (non-hydrogen) atoms. The zero-order valence-corrected chi connectivity index (χ0v) is 13.8. The molecule has 1 aliphatic heterocycles. The minimum Gasteiger partial charge on any atom is -0.396 e. The van der Waals surface area contributed by atoms with E-state index >= 15 is 0 Å². The van der Waals surface area contributed by atoms with Crippen molar-refractivity contribution in [2.45, 2.75) is 38.6 Å². The molecule has 0 radical (unpaired) electrons. The van der Waals surface area contributed by atoms with Crippen LogP contribution in [-0.4, -0.2) is 69.6 Å². The van der Waals surface area contributed by atoms with Gasteiger partial charge in [-0.1, -0.05) is 6.92 Å². The highest BCUT2D eigenvalue weighted by Crippen LogP contribution is 2.31. The highest BCUT2D eigenvalue weighted by molar-refractivity contribution is 5.93. The topological polar surface area (TPSA) is 69.6 Å². The van der Waals surface area contributed by atoms with Crippen LogP contribution in [0.1, 0.15) is 42.4 Å². The summed E-state index contributed by atoms with van der Waals surface area (Å²) in [4.78, 5) is 25.4. The largest absolute Gasteiger partial charge is 0.396 e. The van der Waals surface area contributed by atoms with Crippen molar-refractivity contribution >= 4 is 5.91 Å². The van der Waals surface area contributed by atoms with E-state index in [1.807, 2.05) is 11.8 Å². The van der Waals surface area contributed by atoms with Gasteiger partial charge in [-0.2, -0.15) is 0 Å². The van der Waals surface area contributed by atoms with Crippen LogP contribution in [0.3, 0.4) is 0 Å². The van der Waals surface area contributed by atoms with Gasteiger partial charge in [0.2, 0.25) is 0 Å². The lowest BCUT2D eigenvalue weighted by molar-refractivity contribution is 0.0406. The van der Waals surface area contributed by atoms with Gasteiger partial charge in [0.25, 0.3) is 5.91 Å². The van der Waals surface area contributed by atoms with Crippen molar-refractivity contribution in [2.75, 3.05) is 32.8 Å². The molecule has 2 heterocycles. The van der Waals surface area contributed by atoms with Crippen molar-refractivity contribution in [3.63, 3.8) is 0 Å². The summed E-state index contributed by atoms with van der Waals surface area (Å²) in [7, 11) is 0. The zero-order chi connectivity index (χ0) is 16.2. The Morgan fingerprint density at radius 1 is 1.30 bits per heavy atom. The van der Waals surface area contributed by atoms with Gasteiger partial charge in [0.05, 0.1) is 5.56 Å². The number of hydrogen-bond acceptors (Lipinski definition) is 5. The van der Waals surface area contributed by atoms with E-state index in [0.717, 1.165) is 44.2 Å². The molecular formula is C17H26N4O2. The molecule has 1 aliphatic carbocycles. The van der Waals surface area contributed by atoms with Crippen molar-refractivity contribution in [2.24, 2.45) is 5.92 Å². The van der Waals surface area contributed by atoms with Crippen molar-refractivity contribution in [1.29, 1.82) is 0 Å². The van der Waals surface area contributed by atoms with Gasteiger partial charge in [-0.3, -0.25) is 9.69 Å². The van der Waals surface area contributed by atoms with Crippen LogP contribution in [0.2, 0.25) is 0 Å². The summed E-state index contributed by atoms with van der Waals surface area (Å²) >= 11 is 0. The Hall–Kier alpha value is -1.53. The number of nitrogens with zero attached hydrogens (tertiary/aromatic N) is 4. The first kappa shape index (κ1) is 16.3. The molecule has 1 saturated heterocycles. The molecule has 1 aromatic rings. The number of aliphatic hydroxyl groups excluding tert-OH is 1. The van der Waals surface area contributed by atoms with Gasteiger partial charge in [0, 0.05) is 57.6 Å². The van der Waals surface area contributed by atoms with Gasteiger partial charge < -0.3 is 10.0 Å². The van der Waals surface area contributed by atoms with Crippen LogP contribution in [0.25, 0.3) is 0 Å². The predicted molar refractivity (Wildman–Crippen MR) is 87.1 cm³/mol. The number of carbonyl (C=O) groups excluding carboxylic acids is 1. The molecule has 0 spiro atoms. The third kappa shape index (κ3) is 4.06. The maximum Gasteiger partial charge on any atom is 0.257 e. The fraction of sp³-hybridized carbons (Fsp3) is 0.706. The number of rotatable bonds is 6. The van der Waals surface area contributed by atoms with Gasteiger partial charge in [-0.15, -0.1) is 0 Å². The van der Waals surface area contributed by atoms with Crippen LogP contribution in [0.5, 0.6) is 0 Å². The molecule has 6 heteroatoms. The van der Waals surface area contributed by atoms with Gasteiger partial charge in [-0.25, -0.2) is 9.97 Å². The van der Waals surface area contributed by atoms with E-state index in [9.17, 15) is 9.90 Å². The van der Waals surface area contributed by atoms with E-state index in [2.05, 4.69) is 14.9 Å². The normalized spacial score (nSPS) is 22.3. The monoisotopic (exact) mass is 318 g/mol. The quantitative estimate of drug-likeness (QED) is 0.846. The summed E-state index contributed by atoms with van der Waals surface area (Å²) in [5, 5.41) is 9.34. The van der Waals surface area contributed by atoms with Crippen molar-refractivity contribution < 1.29 is 9.90 Å². The lowest BCUT2D eigenvalue weighted by Crippen LogP contribution is -2.55. The van der Waals surface area contributed by atoms with Gasteiger partial charge in [0.1, 0.15) is 5.82 Å². The Kier molecular flexibility index (Phi) is 5.23. The second-order valence-electron chi connectivity index (χ2n) is 6.60. The fourth-order valence-electron chi connectivity index (χ4n) is 3.20. The molecule has 1 atom stereocenters. The third-order valence-corrected chi connectivity index (χ3v) is 4.81. The zero-order valence-electron chi connectivity index (χ0n) is 13.8. The molecule has 1 aromatic heterocycles. The van der Waals surface area contributed by atoms with E-state index < -0.39 is 0 Å². The standard InChI is InChI=1S/C17H26N4O2/c1-2-16-18-9-14(10-19-16)17(23)21-7-6-20(11-13-3-4-13)15(12-21)5-8-22/h9-10,13,15,22H,2-8,11-12H2,1H3/t15-/m1/s1. The van der Waals surface area contributed by atoms with E-state index in [0.29, 0.717) is 12.1 Å². The molecule has 0 bridgehead atoms. The summed E-state index contributed by atoms with van der Waals surface area (Å²) in [5.41, 5.74) is 0.556. The van der Waals surface area contributed by atoms with Crippen LogP contribution >= 0.6 is 0 Å². The number of aliphatic hydroxyl groups is 1. The average molecular weight is 318 g/mol. The van der Waals surface area contributed by atoms with Crippen molar-refractivity contribution in [1.82, 2.24) is 19.8 Å². The summed E-state index contributed by atoms with van der Waals surface area (Å²) < 4.78 is 0. The van der Waals surface area contributed by atoms with Crippen LogP contribution < -0.4 is 0 Å². The lowest BCUT2D eigenvalue weighted by Gasteiger charge is -2.41. The van der Waals surface area contributed by atoms with E-state index in [1.165, 1.54) is 12.8 Å². The van der Waals surface area contributed by atoms with Gasteiger partial charge in [0.15, 0.2) is 0 Å². The number of piperazine rings is 1. The summed E-state index contributed by atoms with van der Waals surface area (Å²) in [5.74, 6) is 1.59. The smallest absolute Gasteiger partial charge is 0.257 e. The minimum absolute atomic E-state index is 0.00154. The Morgan fingerprint density at radius 3 is 2.65 bits per heavy atom. The highest BCUT2D eigenvalue weighted by atomic mass is 16.3. The summed E-state index contributed by atoms with van der Waals surface area (Å²) in [6.07, 6.45) is 7.41. The number of carbonyl (C=O) groups is 1. The second kappa shape index (κ2) is 7.36. The Morgan fingerprint density at radius 2 is 2.04 bits per heavy atom. The van der Waals surface area contributed by atoms with Crippen molar-refractivity contribution in [3.8, 4) is 0 Å². The first-order valence-corrected chi connectivity index (χ1v) is 8.66. The highest BCUT2D eigenvalue weighted by Gasteiger charge is 2.33. The fourth-order valence-corrected chi connectivity index (χ4v) is 3.20. The number of aromatic nitrogens is 2. The maximum absolute atomic E-state index is 12.7. The average Bonchev–Trinajstić information content (AvgIpc) is 3.40. The van der Waals surface area contributed by atoms with Gasteiger partial charge >= 0.3 is 0 Å². The Bertz CT molecular complexity index is 530.